The van der Waals surface area contributed by atoms with E-state index in [0.29, 0.717) is 5.56 Å². The fraction of sp³-hybridized carbons (Fsp3) is 0.300. The van der Waals surface area contributed by atoms with E-state index in [-0.39, 0.29) is 23.5 Å². The van der Waals surface area contributed by atoms with Crippen molar-refractivity contribution in [1.82, 2.24) is 0 Å². The molecule has 0 amide bonds. The molecular formula is C10H12F2N2O3. The van der Waals surface area contributed by atoms with Crippen LogP contribution >= 0.6 is 0 Å². The van der Waals surface area contributed by atoms with Gasteiger partial charge in [0.2, 0.25) is 0 Å². The molecule has 0 heterocycles. The maximum Gasteiger partial charge on any atom is 0.387 e. The van der Waals surface area contributed by atoms with Gasteiger partial charge in [-0.3, -0.25) is 4.79 Å². The molecule has 0 aromatic heterocycles. The van der Waals surface area contributed by atoms with Crippen LogP contribution in [0.3, 0.4) is 0 Å². The van der Waals surface area contributed by atoms with Gasteiger partial charge in [-0.05, 0) is 0 Å². The summed E-state index contributed by atoms with van der Waals surface area (Å²) in [6.45, 7) is -2.96. The number of rotatable bonds is 4. The Bertz CT molecular complexity index is 401. The number of hydrogen-bond acceptors (Lipinski definition) is 5. The van der Waals surface area contributed by atoms with Gasteiger partial charge in [0.15, 0.2) is 0 Å². The number of nitrogen functional groups attached to an aromatic ring is 2. The van der Waals surface area contributed by atoms with Crippen molar-refractivity contribution in [1.29, 1.82) is 0 Å². The fourth-order valence-corrected chi connectivity index (χ4v) is 1.28. The molecule has 4 N–H and O–H groups in total. The van der Waals surface area contributed by atoms with Crippen LogP contribution in [-0.2, 0) is 16.0 Å². The number of carbonyl (C=O) groups excluding carboxylic acids is 1. The first-order valence-corrected chi connectivity index (χ1v) is 4.63. The van der Waals surface area contributed by atoms with E-state index in [1.165, 1.54) is 19.2 Å². The van der Waals surface area contributed by atoms with E-state index in [9.17, 15) is 13.6 Å². The van der Waals surface area contributed by atoms with Crippen LogP contribution in [0.15, 0.2) is 12.1 Å². The summed E-state index contributed by atoms with van der Waals surface area (Å²) in [6.07, 6.45) is -0.122. The standard InChI is InChI=1S/C10H12F2N2O3/c1-16-9(15)4-6-7(13)2-5(3-8(6)14)17-10(11)12/h2-3,10H,4,13-14H2,1H3. The minimum atomic E-state index is -2.96. The highest BCUT2D eigenvalue weighted by Crippen LogP contribution is 2.28. The van der Waals surface area contributed by atoms with Crippen LogP contribution in [0.25, 0.3) is 0 Å². The average molecular weight is 246 g/mol. The molecule has 0 atom stereocenters. The molecule has 0 unspecified atom stereocenters. The highest BCUT2D eigenvalue weighted by Gasteiger charge is 2.13. The van der Waals surface area contributed by atoms with Crippen molar-refractivity contribution in [2.24, 2.45) is 0 Å². The number of halogens is 2. The first-order valence-electron chi connectivity index (χ1n) is 4.63. The number of esters is 1. The minimum absolute atomic E-state index is 0.103. The lowest BCUT2D eigenvalue weighted by molar-refractivity contribution is -0.139. The van der Waals surface area contributed by atoms with Crippen molar-refractivity contribution in [3.63, 3.8) is 0 Å². The van der Waals surface area contributed by atoms with E-state index in [0.717, 1.165) is 0 Å². The van der Waals surface area contributed by atoms with Crippen molar-refractivity contribution in [3.05, 3.63) is 17.7 Å². The summed E-state index contributed by atoms with van der Waals surface area (Å²) in [6, 6.07) is 2.36. The number of benzene rings is 1. The van der Waals surface area contributed by atoms with Crippen LogP contribution in [0, 0.1) is 0 Å². The van der Waals surface area contributed by atoms with Crippen LogP contribution in [0.2, 0.25) is 0 Å². The molecule has 0 aliphatic carbocycles. The Balaban J connectivity index is 2.98. The number of methoxy groups -OCH3 is 1. The molecule has 1 aromatic carbocycles. The SMILES string of the molecule is COC(=O)Cc1c(N)cc(OC(F)F)cc1N. The van der Waals surface area contributed by atoms with Gasteiger partial charge in [-0.1, -0.05) is 0 Å². The molecule has 0 aliphatic heterocycles. The Kier molecular flexibility index (Phi) is 4.08. The summed E-state index contributed by atoms with van der Waals surface area (Å²) in [4.78, 5) is 11.1. The second-order valence-electron chi connectivity index (χ2n) is 3.21. The van der Waals surface area contributed by atoms with Gasteiger partial charge in [-0.25, -0.2) is 0 Å². The van der Waals surface area contributed by atoms with Gasteiger partial charge in [0.05, 0.1) is 13.5 Å². The zero-order valence-electron chi connectivity index (χ0n) is 9.07. The minimum Gasteiger partial charge on any atom is -0.469 e. The van der Waals surface area contributed by atoms with E-state index in [2.05, 4.69) is 9.47 Å². The lowest BCUT2D eigenvalue weighted by atomic mass is 10.1. The Morgan fingerprint density at radius 2 is 1.88 bits per heavy atom. The first-order chi connectivity index (χ1) is 7.93. The van der Waals surface area contributed by atoms with Gasteiger partial charge in [0.1, 0.15) is 5.75 Å². The molecule has 0 fully saturated rings. The molecule has 7 heteroatoms. The lowest BCUT2D eigenvalue weighted by Crippen LogP contribution is -2.10. The molecular weight excluding hydrogens is 234 g/mol. The molecule has 17 heavy (non-hydrogen) atoms. The molecule has 0 aliphatic rings. The monoisotopic (exact) mass is 246 g/mol. The molecule has 0 radical (unpaired) electrons. The Morgan fingerprint density at radius 3 is 2.29 bits per heavy atom. The highest BCUT2D eigenvalue weighted by molar-refractivity contribution is 5.79. The van der Waals surface area contributed by atoms with Crippen LogP contribution in [-0.4, -0.2) is 19.7 Å². The topological polar surface area (TPSA) is 87.6 Å². The third-order valence-corrected chi connectivity index (χ3v) is 2.07. The second kappa shape index (κ2) is 5.33. The fourth-order valence-electron chi connectivity index (χ4n) is 1.28. The van der Waals surface area contributed by atoms with E-state index in [1.807, 2.05) is 0 Å². The summed E-state index contributed by atoms with van der Waals surface area (Å²) >= 11 is 0. The quantitative estimate of drug-likeness (QED) is 0.615. The Labute approximate surface area is 96.3 Å². The second-order valence-corrected chi connectivity index (χ2v) is 3.21. The molecule has 0 spiro atoms. The largest absolute Gasteiger partial charge is 0.469 e. The predicted molar refractivity (Wildman–Crippen MR) is 57.6 cm³/mol. The number of hydrogen-bond donors (Lipinski definition) is 2. The summed E-state index contributed by atoms with van der Waals surface area (Å²) in [5.74, 6) is -0.672. The zero-order valence-corrected chi connectivity index (χ0v) is 9.07. The predicted octanol–water partition coefficient (Wildman–Crippen LogP) is 1.17. The maximum absolute atomic E-state index is 12.0. The van der Waals surface area contributed by atoms with Crippen molar-refractivity contribution < 1.29 is 23.0 Å². The Hall–Kier alpha value is -2.05. The van der Waals surface area contributed by atoms with Crippen molar-refractivity contribution in [2.45, 2.75) is 13.0 Å². The van der Waals surface area contributed by atoms with E-state index < -0.39 is 12.6 Å². The number of ether oxygens (including phenoxy) is 2. The van der Waals surface area contributed by atoms with Crippen LogP contribution in [0.5, 0.6) is 5.75 Å². The number of carbonyl (C=O) groups is 1. The molecule has 0 saturated heterocycles. The van der Waals surface area contributed by atoms with Crippen LogP contribution in [0.4, 0.5) is 20.2 Å². The van der Waals surface area contributed by atoms with Crippen LogP contribution < -0.4 is 16.2 Å². The summed E-state index contributed by atoms with van der Waals surface area (Å²) < 4.78 is 32.6. The van der Waals surface area contributed by atoms with E-state index >= 15 is 0 Å². The number of nitrogens with two attached hydrogens (primary N) is 2. The molecule has 5 nitrogen and oxygen atoms in total. The van der Waals surface area contributed by atoms with Crippen molar-refractivity contribution in [3.8, 4) is 5.75 Å². The van der Waals surface area contributed by atoms with Gasteiger partial charge in [0, 0.05) is 29.1 Å². The van der Waals surface area contributed by atoms with Gasteiger partial charge in [0.25, 0.3) is 0 Å². The third kappa shape index (κ3) is 3.47. The van der Waals surface area contributed by atoms with Gasteiger partial charge in [-0.15, -0.1) is 0 Å². The smallest absolute Gasteiger partial charge is 0.387 e. The highest BCUT2D eigenvalue weighted by atomic mass is 19.3. The van der Waals surface area contributed by atoms with Crippen LogP contribution in [0.1, 0.15) is 5.56 Å². The third-order valence-electron chi connectivity index (χ3n) is 2.07. The average Bonchev–Trinajstić information content (AvgIpc) is 2.22. The molecule has 0 bridgehead atoms. The number of alkyl halides is 2. The van der Waals surface area contributed by atoms with Crippen molar-refractivity contribution >= 4 is 17.3 Å². The van der Waals surface area contributed by atoms with Gasteiger partial charge >= 0.3 is 12.6 Å². The van der Waals surface area contributed by atoms with Crippen molar-refractivity contribution in [2.75, 3.05) is 18.6 Å². The van der Waals surface area contributed by atoms with E-state index in [1.54, 1.807) is 0 Å². The molecule has 94 valence electrons. The summed E-state index contributed by atoms with van der Waals surface area (Å²) in [7, 11) is 1.23. The molecule has 1 rings (SSSR count). The maximum atomic E-state index is 12.0. The Morgan fingerprint density at radius 1 is 1.35 bits per heavy atom. The lowest BCUT2D eigenvalue weighted by Gasteiger charge is -2.11. The van der Waals surface area contributed by atoms with Gasteiger partial charge < -0.3 is 20.9 Å². The van der Waals surface area contributed by atoms with E-state index in [4.69, 9.17) is 11.5 Å². The first kappa shape index (κ1) is 13.0. The number of anilines is 2. The summed E-state index contributed by atoms with van der Waals surface area (Å²) in [5, 5.41) is 0. The molecule has 1 aromatic rings. The summed E-state index contributed by atoms with van der Waals surface area (Å²) in [5.41, 5.74) is 11.7. The van der Waals surface area contributed by atoms with Gasteiger partial charge in [-0.2, -0.15) is 8.78 Å². The normalized spacial score (nSPS) is 10.4. The zero-order chi connectivity index (χ0) is 13.0. The molecule has 0 saturated carbocycles.